The zero-order chi connectivity index (χ0) is 13.8. The molecule has 0 bridgehead atoms. The Morgan fingerprint density at radius 2 is 2.00 bits per heavy atom. The fourth-order valence-electron chi connectivity index (χ4n) is 2.99. The second-order valence-electron chi connectivity index (χ2n) is 5.07. The number of rotatable bonds is 5. The van der Waals surface area contributed by atoms with E-state index in [0.717, 1.165) is 24.8 Å². The fraction of sp³-hybridized carbons (Fsp3) is 0.467. The molecule has 102 valence electrons. The molecule has 4 nitrogen and oxygen atoms in total. The summed E-state index contributed by atoms with van der Waals surface area (Å²) in [6, 6.07) is 7.91. The lowest BCUT2D eigenvalue weighted by atomic mass is 9.74. The van der Waals surface area contributed by atoms with Crippen LogP contribution in [-0.2, 0) is 16.0 Å². The summed E-state index contributed by atoms with van der Waals surface area (Å²) >= 11 is 0. The van der Waals surface area contributed by atoms with Crippen LogP contribution in [0.3, 0.4) is 0 Å². The Morgan fingerprint density at radius 3 is 2.68 bits per heavy atom. The highest BCUT2D eigenvalue weighted by atomic mass is 16.4. The van der Waals surface area contributed by atoms with Gasteiger partial charge in [0.1, 0.15) is 0 Å². The van der Waals surface area contributed by atoms with Crippen LogP contribution in [0.1, 0.15) is 42.7 Å². The maximum absolute atomic E-state index is 11.4. The Kier molecular flexibility index (Phi) is 4.20. The Bertz CT molecular complexity index is 481. The Hall–Kier alpha value is -1.84. The first-order valence-electron chi connectivity index (χ1n) is 6.62. The van der Waals surface area contributed by atoms with Crippen LogP contribution in [0.15, 0.2) is 24.3 Å². The van der Waals surface area contributed by atoms with Gasteiger partial charge in [-0.1, -0.05) is 24.3 Å². The summed E-state index contributed by atoms with van der Waals surface area (Å²) in [5.41, 5.74) is 2.30. The number of carboxylic acid groups (broad SMARTS) is 2. The maximum atomic E-state index is 11.4. The second-order valence-corrected chi connectivity index (χ2v) is 5.07. The average Bonchev–Trinajstić information content (AvgIpc) is 2.38. The summed E-state index contributed by atoms with van der Waals surface area (Å²) in [5, 5.41) is 18.1. The van der Waals surface area contributed by atoms with Crippen LogP contribution in [0.25, 0.3) is 0 Å². The molecule has 0 radical (unpaired) electrons. The molecule has 0 aliphatic heterocycles. The lowest BCUT2D eigenvalue weighted by molar-refractivity contribution is -0.143. The number of carbonyl (C=O) groups is 2. The molecule has 0 saturated carbocycles. The second kappa shape index (κ2) is 5.87. The Morgan fingerprint density at radius 1 is 1.26 bits per heavy atom. The molecule has 2 N–H and O–H groups in total. The van der Waals surface area contributed by atoms with Crippen LogP contribution >= 0.6 is 0 Å². The highest BCUT2D eigenvalue weighted by Gasteiger charge is 2.32. The highest BCUT2D eigenvalue weighted by Crippen LogP contribution is 2.38. The number of carboxylic acids is 2. The first kappa shape index (κ1) is 13.6. The molecule has 2 rings (SSSR count). The topological polar surface area (TPSA) is 74.6 Å². The third-order valence-corrected chi connectivity index (χ3v) is 3.89. The quantitative estimate of drug-likeness (QED) is 0.855. The van der Waals surface area contributed by atoms with Gasteiger partial charge in [-0.05, 0) is 42.7 Å². The molecule has 4 heteroatoms. The molecular weight excluding hydrogens is 244 g/mol. The van der Waals surface area contributed by atoms with Crippen molar-refractivity contribution in [2.45, 2.75) is 38.0 Å². The van der Waals surface area contributed by atoms with Gasteiger partial charge in [-0.2, -0.15) is 0 Å². The van der Waals surface area contributed by atoms with Crippen molar-refractivity contribution in [1.29, 1.82) is 0 Å². The van der Waals surface area contributed by atoms with E-state index >= 15 is 0 Å². The van der Waals surface area contributed by atoms with E-state index in [2.05, 4.69) is 0 Å². The molecule has 2 atom stereocenters. The van der Waals surface area contributed by atoms with E-state index < -0.39 is 17.9 Å². The van der Waals surface area contributed by atoms with Crippen LogP contribution in [-0.4, -0.2) is 22.2 Å². The van der Waals surface area contributed by atoms with E-state index in [9.17, 15) is 14.7 Å². The number of benzene rings is 1. The van der Waals surface area contributed by atoms with Gasteiger partial charge in [-0.3, -0.25) is 9.59 Å². The van der Waals surface area contributed by atoms with Crippen LogP contribution in [0.4, 0.5) is 0 Å². The number of hydrogen-bond donors (Lipinski definition) is 2. The summed E-state index contributed by atoms with van der Waals surface area (Å²) in [4.78, 5) is 22.1. The standard InChI is InChI=1S/C15H18O4/c16-14(17)9-8-13(15(18)19)12-7-3-5-10-4-1-2-6-11(10)12/h1-2,4,6,12-13H,3,5,7-9H2,(H,16,17)(H,18,19). The molecule has 0 heterocycles. The minimum Gasteiger partial charge on any atom is -0.481 e. The lowest BCUT2D eigenvalue weighted by Crippen LogP contribution is -2.26. The van der Waals surface area contributed by atoms with Gasteiger partial charge in [0.15, 0.2) is 0 Å². The van der Waals surface area contributed by atoms with Gasteiger partial charge in [-0.25, -0.2) is 0 Å². The number of aliphatic carboxylic acids is 2. The number of hydrogen-bond acceptors (Lipinski definition) is 2. The SMILES string of the molecule is O=C(O)CCC(C(=O)O)C1CCCc2ccccc21. The predicted molar refractivity (Wildman–Crippen MR) is 70.1 cm³/mol. The van der Waals surface area contributed by atoms with Gasteiger partial charge >= 0.3 is 11.9 Å². The summed E-state index contributed by atoms with van der Waals surface area (Å²) < 4.78 is 0. The van der Waals surface area contributed by atoms with Gasteiger partial charge < -0.3 is 10.2 Å². The summed E-state index contributed by atoms with van der Waals surface area (Å²) in [5.74, 6) is -2.47. The minimum absolute atomic E-state index is 0.0539. The normalized spacial score (nSPS) is 19.5. The van der Waals surface area contributed by atoms with Gasteiger partial charge in [0.05, 0.1) is 5.92 Å². The molecule has 1 aliphatic rings. The van der Waals surface area contributed by atoms with Crippen molar-refractivity contribution >= 4 is 11.9 Å². The largest absolute Gasteiger partial charge is 0.481 e. The molecule has 1 aromatic carbocycles. The van der Waals surface area contributed by atoms with Crippen molar-refractivity contribution < 1.29 is 19.8 Å². The molecule has 19 heavy (non-hydrogen) atoms. The molecule has 1 aliphatic carbocycles. The van der Waals surface area contributed by atoms with Crippen molar-refractivity contribution in [2.24, 2.45) is 5.92 Å². The van der Waals surface area contributed by atoms with Gasteiger partial charge in [-0.15, -0.1) is 0 Å². The van der Waals surface area contributed by atoms with Crippen molar-refractivity contribution in [3.8, 4) is 0 Å². The zero-order valence-corrected chi connectivity index (χ0v) is 10.7. The molecule has 0 spiro atoms. The lowest BCUT2D eigenvalue weighted by Gasteiger charge is -2.30. The highest BCUT2D eigenvalue weighted by molar-refractivity contribution is 5.73. The maximum Gasteiger partial charge on any atom is 0.307 e. The van der Waals surface area contributed by atoms with Crippen molar-refractivity contribution in [1.82, 2.24) is 0 Å². The molecule has 1 aromatic rings. The van der Waals surface area contributed by atoms with E-state index in [1.54, 1.807) is 0 Å². The van der Waals surface area contributed by atoms with Crippen molar-refractivity contribution in [3.05, 3.63) is 35.4 Å². The molecular formula is C15H18O4. The van der Waals surface area contributed by atoms with Crippen LogP contribution in [0.2, 0.25) is 0 Å². The van der Waals surface area contributed by atoms with Gasteiger partial charge in [0.2, 0.25) is 0 Å². The average molecular weight is 262 g/mol. The third-order valence-electron chi connectivity index (χ3n) is 3.89. The fourth-order valence-corrected chi connectivity index (χ4v) is 2.99. The van der Waals surface area contributed by atoms with E-state index in [1.165, 1.54) is 5.56 Å². The molecule has 0 saturated heterocycles. The molecule has 0 amide bonds. The first-order valence-corrected chi connectivity index (χ1v) is 6.62. The monoisotopic (exact) mass is 262 g/mol. The van der Waals surface area contributed by atoms with Crippen molar-refractivity contribution in [2.75, 3.05) is 0 Å². The Labute approximate surface area is 112 Å². The van der Waals surface area contributed by atoms with Crippen molar-refractivity contribution in [3.63, 3.8) is 0 Å². The smallest absolute Gasteiger partial charge is 0.307 e. The van der Waals surface area contributed by atoms with E-state index in [1.807, 2.05) is 24.3 Å². The summed E-state index contributed by atoms with van der Waals surface area (Å²) in [6.07, 6.45) is 2.89. The van der Waals surface area contributed by atoms with Gasteiger partial charge in [0.25, 0.3) is 0 Å². The molecule has 0 aromatic heterocycles. The van der Waals surface area contributed by atoms with E-state index in [0.29, 0.717) is 0 Å². The van der Waals surface area contributed by atoms with Crippen LogP contribution in [0.5, 0.6) is 0 Å². The van der Waals surface area contributed by atoms with E-state index in [4.69, 9.17) is 5.11 Å². The minimum atomic E-state index is -0.935. The van der Waals surface area contributed by atoms with E-state index in [-0.39, 0.29) is 18.8 Å². The number of aryl methyl sites for hydroxylation is 1. The predicted octanol–water partition coefficient (Wildman–Crippen LogP) is 2.67. The molecule has 0 fully saturated rings. The summed E-state index contributed by atoms with van der Waals surface area (Å²) in [7, 11) is 0. The van der Waals surface area contributed by atoms with Crippen LogP contribution in [0, 0.1) is 5.92 Å². The Balaban J connectivity index is 2.23. The third kappa shape index (κ3) is 3.13. The number of fused-ring (bicyclic) bond motifs is 1. The first-order chi connectivity index (χ1) is 9.09. The summed E-state index contributed by atoms with van der Waals surface area (Å²) in [6.45, 7) is 0. The molecule has 2 unspecified atom stereocenters. The zero-order valence-electron chi connectivity index (χ0n) is 10.7. The van der Waals surface area contributed by atoms with Gasteiger partial charge in [0, 0.05) is 6.42 Å². The van der Waals surface area contributed by atoms with Crippen LogP contribution < -0.4 is 0 Å².